The van der Waals surface area contributed by atoms with E-state index in [0.717, 1.165) is 61.2 Å². The minimum Gasteiger partial charge on any atom is -0.490 e. The van der Waals surface area contributed by atoms with E-state index < -0.39 is 11.9 Å². The van der Waals surface area contributed by atoms with Crippen molar-refractivity contribution in [2.24, 2.45) is 0 Å². The summed E-state index contributed by atoms with van der Waals surface area (Å²) in [6, 6.07) is 31.0. The van der Waals surface area contributed by atoms with E-state index in [1.807, 2.05) is 12.1 Å². The van der Waals surface area contributed by atoms with Gasteiger partial charge in [0, 0.05) is 41.1 Å². The number of ether oxygens (including phenoxy) is 4. The Balaban J connectivity index is 1.50. The van der Waals surface area contributed by atoms with Crippen molar-refractivity contribution in [2.45, 2.75) is 0 Å². The Bertz CT molecular complexity index is 1880. The first-order chi connectivity index (χ1) is 21.1. The summed E-state index contributed by atoms with van der Waals surface area (Å²) in [7, 11) is 0. The Morgan fingerprint density at radius 1 is 0.605 bits per heavy atom. The normalized spacial score (nSPS) is 11.1. The Labute approximate surface area is 248 Å². The molecule has 6 rings (SSSR count). The second kappa shape index (κ2) is 12.1. The molecule has 0 amide bonds. The average Bonchev–Trinajstić information content (AvgIpc) is 3.40. The van der Waals surface area contributed by atoms with Gasteiger partial charge in [0.2, 0.25) is 0 Å². The quantitative estimate of drug-likeness (QED) is 0.0923. The van der Waals surface area contributed by atoms with Crippen LogP contribution in [0, 0.1) is 0 Å². The monoisotopic (exact) mass is 571 g/mol. The average molecular weight is 572 g/mol. The number of fused-ring (bicyclic) bond motifs is 7. The molecular weight excluding hydrogens is 542 g/mol. The van der Waals surface area contributed by atoms with Crippen molar-refractivity contribution in [1.82, 2.24) is 4.57 Å². The molecule has 0 atom stereocenters. The van der Waals surface area contributed by atoms with E-state index in [1.54, 1.807) is 6.07 Å². The van der Waals surface area contributed by atoms with Gasteiger partial charge in [-0.25, -0.2) is 9.59 Å². The molecule has 0 spiro atoms. The fraction of sp³-hybridized carbons (Fsp3) is 0.111. The van der Waals surface area contributed by atoms with Crippen molar-refractivity contribution in [3.8, 4) is 17.2 Å². The lowest BCUT2D eigenvalue weighted by Crippen LogP contribution is -2.11. The van der Waals surface area contributed by atoms with Crippen molar-refractivity contribution in [3.63, 3.8) is 0 Å². The number of carbonyl (C=O) groups is 2. The third-order valence-electron chi connectivity index (χ3n) is 7.19. The maximum atomic E-state index is 11.5. The van der Waals surface area contributed by atoms with Crippen molar-refractivity contribution in [2.75, 3.05) is 26.4 Å². The van der Waals surface area contributed by atoms with Crippen LogP contribution in [0.4, 0.5) is 0 Å². The minimum absolute atomic E-state index is 0.0656. The highest BCUT2D eigenvalue weighted by Gasteiger charge is 2.18. The van der Waals surface area contributed by atoms with Gasteiger partial charge in [-0.15, -0.1) is 0 Å². The van der Waals surface area contributed by atoms with Crippen molar-refractivity contribution >= 4 is 55.3 Å². The largest absolute Gasteiger partial charge is 0.490 e. The standard InChI is InChI=1S/C36H29NO6/c1-3-33(38)42-19-17-40-27-21-26(22-28(23-27)41-18-20-43-34(39)4-2)37-31-15-13-24-9-5-7-11-29(24)35(31)36-30-12-8-6-10-25(30)14-16-32(36)37/h3-16,21-23H,1-2,17-20H2. The molecule has 1 aromatic heterocycles. The van der Waals surface area contributed by atoms with Gasteiger partial charge in [-0.1, -0.05) is 73.8 Å². The molecule has 0 aliphatic rings. The molecule has 7 nitrogen and oxygen atoms in total. The molecule has 43 heavy (non-hydrogen) atoms. The van der Waals surface area contributed by atoms with Gasteiger partial charge in [0.05, 0.1) is 16.7 Å². The summed E-state index contributed by atoms with van der Waals surface area (Å²) < 4.78 is 24.4. The zero-order valence-corrected chi connectivity index (χ0v) is 23.5. The number of carbonyl (C=O) groups excluding carboxylic acids is 2. The first-order valence-electron chi connectivity index (χ1n) is 13.9. The lowest BCUT2D eigenvalue weighted by Gasteiger charge is -2.15. The number of aromatic nitrogens is 1. The minimum atomic E-state index is -0.514. The first-order valence-corrected chi connectivity index (χ1v) is 13.9. The van der Waals surface area contributed by atoms with Gasteiger partial charge in [0.25, 0.3) is 0 Å². The van der Waals surface area contributed by atoms with Gasteiger partial charge in [0.1, 0.15) is 37.9 Å². The lowest BCUT2D eigenvalue weighted by atomic mass is 10.00. The summed E-state index contributed by atoms with van der Waals surface area (Å²) in [6.07, 6.45) is 2.23. The molecular formula is C36H29NO6. The summed E-state index contributed by atoms with van der Waals surface area (Å²) in [5.74, 6) is 0.0315. The molecule has 1 heterocycles. The third kappa shape index (κ3) is 5.53. The summed E-state index contributed by atoms with van der Waals surface area (Å²) in [5.41, 5.74) is 2.89. The van der Waals surface area contributed by atoms with Crippen LogP contribution < -0.4 is 9.47 Å². The zero-order valence-electron chi connectivity index (χ0n) is 23.5. The van der Waals surface area contributed by atoms with E-state index in [-0.39, 0.29) is 26.4 Å². The molecule has 0 unspecified atom stereocenters. The number of hydrogen-bond acceptors (Lipinski definition) is 6. The van der Waals surface area contributed by atoms with E-state index in [1.165, 1.54) is 0 Å². The second-order valence-electron chi connectivity index (χ2n) is 9.80. The molecule has 0 fully saturated rings. The highest BCUT2D eigenvalue weighted by molar-refractivity contribution is 6.28. The molecule has 0 N–H and O–H groups in total. The zero-order chi connectivity index (χ0) is 29.8. The lowest BCUT2D eigenvalue weighted by molar-refractivity contribution is -0.139. The van der Waals surface area contributed by atoms with Gasteiger partial charge in [-0.3, -0.25) is 0 Å². The van der Waals surface area contributed by atoms with Gasteiger partial charge in [-0.2, -0.15) is 0 Å². The van der Waals surface area contributed by atoms with Crippen LogP contribution in [0.2, 0.25) is 0 Å². The van der Waals surface area contributed by atoms with E-state index in [4.69, 9.17) is 18.9 Å². The molecule has 214 valence electrons. The molecule has 0 bridgehead atoms. The highest BCUT2D eigenvalue weighted by atomic mass is 16.6. The van der Waals surface area contributed by atoms with Crippen molar-refractivity contribution < 1.29 is 28.5 Å². The number of hydrogen-bond donors (Lipinski definition) is 0. The second-order valence-corrected chi connectivity index (χ2v) is 9.80. The summed E-state index contributed by atoms with van der Waals surface area (Å²) in [5, 5.41) is 6.96. The Morgan fingerprint density at radius 2 is 1.07 bits per heavy atom. The van der Waals surface area contributed by atoms with Crippen LogP contribution in [0.5, 0.6) is 11.5 Å². The van der Waals surface area contributed by atoms with E-state index >= 15 is 0 Å². The summed E-state index contributed by atoms with van der Waals surface area (Å²) in [6.45, 7) is 7.25. The van der Waals surface area contributed by atoms with Crippen LogP contribution in [-0.2, 0) is 19.1 Å². The maximum absolute atomic E-state index is 11.5. The first kappa shape index (κ1) is 27.6. The molecule has 0 aliphatic carbocycles. The number of benzene rings is 5. The van der Waals surface area contributed by atoms with Gasteiger partial charge >= 0.3 is 11.9 Å². The fourth-order valence-electron chi connectivity index (χ4n) is 5.40. The summed E-state index contributed by atoms with van der Waals surface area (Å²) in [4.78, 5) is 23.0. The number of nitrogens with zero attached hydrogens (tertiary/aromatic N) is 1. The van der Waals surface area contributed by atoms with Crippen molar-refractivity contribution in [1.29, 1.82) is 0 Å². The molecule has 0 saturated heterocycles. The van der Waals surface area contributed by atoms with Crippen LogP contribution in [0.15, 0.2) is 116 Å². The molecule has 0 radical (unpaired) electrons. The maximum Gasteiger partial charge on any atom is 0.330 e. The topological polar surface area (TPSA) is 76.0 Å². The van der Waals surface area contributed by atoms with E-state index in [0.29, 0.717) is 11.5 Å². The van der Waals surface area contributed by atoms with Gasteiger partial charge in [0.15, 0.2) is 0 Å². The Morgan fingerprint density at radius 3 is 1.53 bits per heavy atom. The third-order valence-corrected chi connectivity index (χ3v) is 7.19. The Hall–Kier alpha value is -5.56. The van der Waals surface area contributed by atoms with Crippen molar-refractivity contribution in [3.05, 3.63) is 116 Å². The number of rotatable bonds is 11. The smallest absolute Gasteiger partial charge is 0.330 e. The van der Waals surface area contributed by atoms with Crippen LogP contribution in [-0.4, -0.2) is 42.9 Å². The fourth-order valence-corrected chi connectivity index (χ4v) is 5.40. The molecule has 6 aromatic rings. The van der Waals surface area contributed by atoms with Crippen LogP contribution in [0.25, 0.3) is 49.0 Å². The number of esters is 2. The van der Waals surface area contributed by atoms with E-state index in [9.17, 15) is 9.59 Å². The predicted molar refractivity (Wildman–Crippen MR) is 169 cm³/mol. The van der Waals surface area contributed by atoms with Gasteiger partial charge < -0.3 is 23.5 Å². The molecule has 0 aliphatic heterocycles. The van der Waals surface area contributed by atoms with Gasteiger partial charge in [-0.05, 0) is 33.7 Å². The van der Waals surface area contributed by atoms with E-state index in [2.05, 4.69) is 90.5 Å². The van der Waals surface area contributed by atoms with Crippen LogP contribution >= 0.6 is 0 Å². The molecule has 5 aromatic carbocycles. The predicted octanol–water partition coefficient (Wildman–Crippen LogP) is 7.31. The summed E-state index contributed by atoms with van der Waals surface area (Å²) >= 11 is 0. The molecule has 0 saturated carbocycles. The van der Waals surface area contributed by atoms with Crippen LogP contribution in [0.1, 0.15) is 0 Å². The Kier molecular flexibility index (Phi) is 7.78. The molecule has 7 heteroatoms. The SMILES string of the molecule is C=CC(=O)OCCOc1cc(OCCOC(=O)C=C)cc(-n2c3ccc4ccccc4c3c3c4ccccc4ccc32)c1. The highest BCUT2D eigenvalue weighted by Crippen LogP contribution is 2.41. The van der Waals surface area contributed by atoms with Crippen LogP contribution in [0.3, 0.4) is 0 Å².